The Labute approximate surface area is 124 Å². The highest BCUT2D eigenvalue weighted by Gasteiger charge is 2.25. The van der Waals surface area contributed by atoms with E-state index in [2.05, 4.69) is 37.5 Å². The second-order valence-corrected chi connectivity index (χ2v) is 5.59. The summed E-state index contributed by atoms with van der Waals surface area (Å²) >= 11 is 0. The standard InChI is InChI=1S/C13H23N7O/c1-9-10(5-8-21-9)15-11-16-12(19-14)18-13(17-11)20-6-3-2-4-7-20/h9-10H,2-8,14H2,1H3,(H2,15,16,17,18,19). The third kappa shape index (κ3) is 3.33. The van der Waals surface area contributed by atoms with E-state index in [0.29, 0.717) is 17.8 Å². The molecule has 0 aliphatic carbocycles. The first-order valence-electron chi connectivity index (χ1n) is 7.62. The maximum Gasteiger partial charge on any atom is 0.243 e. The molecule has 0 bridgehead atoms. The Bertz CT molecular complexity index is 478. The number of anilines is 3. The minimum absolute atomic E-state index is 0.162. The van der Waals surface area contributed by atoms with Crippen molar-refractivity contribution in [2.24, 2.45) is 5.84 Å². The van der Waals surface area contributed by atoms with Crippen molar-refractivity contribution in [1.82, 2.24) is 15.0 Å². The van der Waals surface area contributed by atoms with Crippen LogP contribution < -0.4 is 21.5 Å². The molecule has 0 saturated carbocycles. The van der Waals surface area contributed by atoms with Crippen LogP contribution in [0.5, 0.6) is 0 Å². The Balaban J connectivity index is 1.78. The lowest BCUT2D eigenvalue weighted by atomic mass is 10.1. The van der Waals surface area contributed by atoms with Gasteiger partial charge in [-0.3, -0.25) is 5.43 Å². The van der Waals surface area contributed by atoms with Gasteiger partial charge in [-0.2, -0.15) is 15.0 Å². The minimum Gasteiger partial charge on any atom is -0.376 e. The average Bonchev–Trinajstić information content (AvgIpc) is 2.93. The molecule has 0 radical (unpaired) electrons. The topological polar surface area (TPSA) is 101 Å². The Morgan fingerprint density at radius 2 is 1.90 bits per heavy atom. The number of aromatic nitrogens is 3. The lowest BCUT2D eigenvalue weighted by molar-refractivity contribution is 0.121. The predicted molar refractivity (Wildman–Crippen MR) is 81.1 cm³/mol. The summed E-state index contributed by atoms with van der Waals surface area (Å²) in [5.74, 6) is 7.11. The first-order valence-corrected chi connectivity index (χ1v) is 7.62. The number of rotatable bonds is 4. The lowest BCUT2D eigenvalue weighted by Gasteiger charge is -2.27. The van der Waals surface area contributed by atoms with Gasteiger partial charge in [-0.15, -0.1) is 0 Å². The summed E-state index contributed by atoms with van der Waals surface area (Å²) in [6.07, 6.45) is 4.73. The highest BCUT2D eigenvalue weighted by Crippen LogP contribution is 2.21. The zero-order chi connectivity index (χ0) is 14.7. The fourth-order valence-electron chi connectivity index (χ4n) is 2.82. The molecule has 8 heteroatoms. The minimum atomic E-state index is 0.162. The molecule has 2 aliphatic heterocycles. The number of nitrogens with one attached hydrogen (secondary N) is 2. The number of nitrogens with two attached hydrogens (primary N) is 1. The zero-order valence-corrected chi connectivity index (χ0v) is 12.4. The largest absolute Gasteiger partial charge is 0.376 e. The molecule has 2 fully saturated rings. The molecule has 0 spiro atoms. The smallest absolute Gasteiger partial charge is 0.243 e. The number of hydrogen-bond donors (Lipinski definition) is 3. The van der Waals surface area contributed by atoms with Gasteiger partial charge in [0.25, 0.3) is 0 Å². The maximum absolute atomic E-state index is 5.56. The Morgan fingerprint density at radius 1 is 1.14 bits per heavy atom. The number of ether oxygens (including phenoxy) is 1. The molecule has 3 rings (SSSR count). The van der Waals surface area contributed by atoms with Gasteiger partial charge in [0, 0.05) is 19.7 Å². The van der Waals surface area contributed by atoms with E-state index in [-0.39, 0.29) is 12.1 Å². The number of hydrogen-bond acceptors (Lipinski definition) is 8. The molecular weight excluding hydrogens is 270 g/mol. The Hall–Kier alpha value is -1.67. The third-order valence-electron chi connectivity index (χ3n) is 4.08. The highest BCUT2D eigenvalue weighted by molar-refractivity contribution is 5.44. The van der Waals surface area contributed by atoms with Gasteiger partial charge in [0.15, 0.2) is 0 Å². The van der Waals surface area contributed by atoms with Crippen LogP contribution in [0, 0.1) is 0 Å². The molecule has 2 aliphatic rings. The quantitative estimate of drug-likeness (QED) is 0.552. The zero-order valence-electron chi connectivity index (χ0n) is 12.4. The SMILES string of the molecule is CC1OCCC1Nc1nc(NN)nc(N2CCCCC2)n1. The second kappa shape index (κ2) is 6.40. The third-order valence-corrected chi connectivity index (χ3v) is 4.08. The monoisotopic (exact) mass is 293 g/mol. The van der Waals surface area contributed by atoms with E-state index in [4.69, 9.17) is 10.6 Å². The van der Waals surface area contributed by atoms with Crippen molar-refractivity contribution in [3.63, 3.8) is 0 Å². The van der Waals surface area contributed by atoms with Gasteiger partial charge in [0.05, 0.1) is 12.1 Å². The molecule has 2 atom stereocenters. The number of piperidine rings is 1. The molecule has 1 aromatic rings. The number of hydrazine groups is 1. The van der Waals surface area contributed by atoms with Crippen LogP contribution in [0.15, 0.2) is 0 Å². The van der Waals surface area contributed by atoms with E-state index >= 15 is 0 Å². The molecule has 0 aromatic carbocycles. The first kappa shape index (κ1) is 14.3. The van der Waals surface area contributed by atoms with Crippen LogP contribution in [0.25, 0.3) is 0 Å². The fourth-order valence-corrected chi connectivity index (χ4v) is 2.82. The van der Waals surface area contributed by atoms with Gasteiger partial charge in [-0.25, -0.2) is 5.84 Å². The summed E-state index contributed by atoms with van der Waals surface area (Å²) in [7, 11) is 0. The van der Waals surface area contributed by atoms with Gasteiger partial charge in [-0.1, -0.05) is 0 Å². The van der Waals surface area contributed by atoms with E-state index < -0.39 is 0 Å². The van der Waals surface area contributed by atoms with Gasteiger partial charge < -0.3 is 15.0 Å². The molecular formula is C13H23N7O. The lowest BCUT2D eigenvalue weighted by Crippen LogP contribution is -2.33. The molecule has 4 N–H and O–H groups in total. The van der Waals surface area contributed by atoms with Crippen LogP contribution >= 0.6 is 0 Å². The molecule has 116 valence electrons. The van der Waals surface area contributed by atoms with Crippen molar-refractivity contribution in [3.8, 4) is 0 Å². The second-order valence-electron chi connectivity index (χ2n) is 5.59. The predicted octanol–water partition coefficient (Wildman–Crippen LogP) is 0.737. The van der Waals surface area contributed by atoms with Crippen molar-refractivity contribution in [1.29, 1.82) is 0 Å². The Morgan fingerprint density at radius 3 is 2.57 bits per heavy atom. The van der Waals surface area contributed by atoms with E-state index in [9.17, 15) is 0 Å². The Kier molecular flexibility index (Phi) is 4.35. The van der Waals surface area contributed by atoms with Crippen LogP contribution in [0.4, 0.5) is 17.8 Å². The van der Waals surface area contributed by atoms with Crippen LogP contribution in [0.2, 0.25) is 0 Å². The average molecular weight is 293 g/mol. The van der Waals surface area contributed by atoms with Crippen molar-refractivity contribution in [2.75, 3.05) is 35.3 Å². The summed E-state index contributed by atoms with van der Waals surface area (Å²) in [4.78, 5) is 15.4. The molecule has 1 aromatic heterocycles. The summed E-state index contributed by atoms with van der Waals surface area (Å²) in [5, 5.41) is 3.34. The van der Waals surface area contributed by atoms with Gasteiger partial charge in [0.2, 0.25) is 17.8 Å². The maximum atomic E-state index is 5.56. The molecule has 0 amide bonds. The number of nitrogens with zero attached hydrogens (tertiary/aromatic N) is 4. The van der Waals surface area contributed by atoms with Crippen molar-refractivity contribution < 1.29 is 4.74 Å². The first-order chi connectivity index (χ1) is 10.3. The highest BCUT2D eigenvalue weighted by atomic mass is 16.5. The summed E-state index contributed by atoms with van der Waals surface area (Å²) < 4.78 is 5.56. The van der Waals surface area contributed by atoms with E-state index in [1.54, 1.807) is 0 Å². The van der Waals surface area contributed by atoms with E-state index in [1.165, 1.54) is 19.3 Å². The van der Waals surface area contributed by atoms with Crippen molar-refractivity contribution >= 4 is 17.8 Å². The molecule has 21 heavy (non-hydrogen) atoms. The van der Waals surface area contributed by atoms with Crippen molar-refractivity contribution in [2.45, 2.75) is 44.8 Å². The van der Waals surface area contributed by atoms with Crippen LogP contribution in [0.3, 0.4) is 0 Å². The fraction of sp³-hybridized carbons (Fsp3) is 0.769. The van der Waals surface area contributed by atoms with Crippen LogP contribution in [-0.4, -0.2) is 46.8 Å². The number of nitrogen functional groups attached to an aromatic ring is 1. The molecule has 2 saturated heterocycles. The molecule has 8 nitrogen and oxygen atoms in total. The van der Waals surface area contributed by atoms with Crippen LogP contribution in [0.1, 0.15) is 32.6 Å². The van der Waals surface area contributed by atoms with E-state index in [1.807, 2.05) is 0 Å². The normalized spacial score (nSPS) is 25.9. The summed E-state index contributed by atoms with van der Waals surface area (Å²) in [6, 6.07) is 0.229. The summed E-state index contributed by atoms with van der Waals surface area (Å²) in [6.45, 7) is 4.79. The van der Waals surface area contributed by atoms with Gasteiger partial charge >= 0.3 is 0 Å². The summed E-state index contributed by atoms with van der Waals surface area (Å²) in [5.41, 5.74) is 2.52. The van der Waals surface area contributed by atoms with Gasteiger partial charge in [-0.05, 0) is 32.6 Å². The van der Waals surface area contributed by atoms with Crippen molar-refractivity contribution in [3.05, 3.63) is 0 Å². The van der Waals surface area contributed by atoms with E-state index in [0.717, 1.165) is 26.1 Å². The molecule has 2 unspecified atom stereocenters. The molecule has 3 heterocycles. The van der Waals surface area contributed by atoms with Gasteiger partial charge in [0.1, 0.15) is 0 Å². The van der Waals surface area contributed by atoms with Crippen LogP contribution in [-0.2, 0) is 4.74 Å².